The fourth-order valence-electron chi connectivity index (χ4n) is 1.60. The van der Waals surface area contributed by atoms with Crippen molar-refractivity contribution in [1.29, 1.82) is 0 Å². The van der Waals surface area contributed by atoms with Gasteiger partial charge in [-0.1, -0.05) is 0 Å². The zero-order valence-electron chi connectivity index (χ0n) is 10.8. The van der Waals surface area contributed by atoms with Crippen LogP contribution < -0.4 is 10.5 Å². The van der Waals surface area contributed by atoms with E-state index in [0.29, 0.717) is 5.56 Å². The van der Waals surface area contributed by atoms with Crippen LogP contribution in [0.15, 0.2) is 6.07 Å². The smallest absolute Gasteiger partial charge is 0.310 e. The maximum atomic E-state index is 12.8. The summed E-state index contributed by atoms with van der Waals surface area (Å²) in [6, 6.07) is 1.35. The molecule has 7 heteroatoms. The molecule has 2 N–H and O–H groups in total. The molecule has 0 bridgehead atoms. The Bertz CT molecular complexity index is 453. The molecule has 0 aliphatic rings. The zero-order valence-corrected chi connectivity index (χ0v) is 10.8. The van der Waals surface area contributed by atoms with E-state index in [2.05, 4.69) is 4.98 Å². The molecule has 19 heavy (non-hydrogen) atoms. The lowest BCUT2D eigenvalue weighted by molar-refractivity contribution is -0.142. The quantitative estimate of drug-likeness (QED) is 0.797. The number of rotatable bonds is 6. The maximum absolute atomic E-state index is 12.8. The van der Waals surface area contributed by atoms with Gasteiger partial charge in [-0.3, -0.25) is 4.79 Å². The van der Waals surface area contributed by atoms with Gasteiger partial charge in [0.25, 0.3) is 6.43 Å². The largest absolute Gasteiger partial charge is 0.495 e. The van der Waals surface area contributed by atoms with Crippen LogP contribution in [0.3, 0.4) is 0 Å². The van der Waals surface area contributed by atoms with Crippen LogP contribution in [0.4, 0.5) is 8.78 Å². The molecule has 0 amide bonds. The fraction of sp³-hybridized carbons (Fsp3) is 0.500. The van der Waals surface area contributed by atoms with E-state index in [9.17, 15) is 13.6 Å². The van der Waals surface area contributed by atoms with E-state index >= 15 is 0 Å². The molecule has 1 heterocycles. The van der Waals surface area contributed by atoms with Crippen LogP contribution in [-0.2, 0) is 22.5 Å². The highest BCUT2D eigenvalue weighted by molar-refractivity contribution is 5.73. The fourth-order valence-corrected chi connectivity index (χ4v) is 1.60. The van der Waals surface area contributed by atoms with Gasteiger partial charge in [0.2, 0.25) is 0 Å². The molecule has 1 rings (SSSR count). The molecule has 0 saturated heterocycles. The van der Waals surface area contributed by atoms with Gasteiger partial charge in [-0.05, 0) is 18.6 Å². The van der Waals surface area contributed by atoms with Gasteiger partial charge in [0.05, 0.1) is 25.8 Å². The van der Waals surface area contributed by atoms with E-state index in [1.807, 2.05) is 0 Å². The second-order valence-electron chi connectivity index (χ2n) is 3.67. The van der Waals surface area contributed by atoms with Crippen molar-refractivity contribution < 1.29 is 23.0 Å². The molecule has 106 valence electrons. The number of carbonyl (C=O) groups excluding carboxylic acids is 1. The first-order valence-corrected chi connectivity index (χ1v) is 5.73. The summed E-state index contributed by atoms with van der Waals surface area (Å²) in [6.45, 7) is 1.88. The third-order valence-electron chi connectivity index (χ3n) is 2.44. The Kier molecular flexibility index (Phi) is 5.62. The highest BCUT2D eigenvalue weighted by atomic mass is 19.3. The summed E-state index contributed by atoms with van der Waals surface area (Å²) >= 11 is 0. The summed E-state index contributed by atoms with van der Waals surface area (Å²) < 4.78 is 35.2. The molecule has 0 unspecified atom stereocenters. The third-order valence-corrected chi connectivity index (χ3v) is 2.44. The Hall–Kier alpha value is -1.76. The Morgan fingerprint density at radius 2 is 2.21 bits per heavy atom. The van der Waals surface area contributed by atoms with E-state index in [1.165, 1.54) is 13.2 Å². The standard InChI is InChI=1S/C12H16F2N2O3/c1-3-19-10(17)5-7-4-9(18-2)11(12(13)14)16-8(7)6-15/h4,12H,3,5-6,15H2,1-2H3. The van der Waals surface area contributed by atoms with Crippen LogP contribution in [0, 0.1) is 0 Å². The minimum absolute atomic E-state index is 0.0432. The number of ether oxygens (including phenoxy) is 2. The molecule has 0 radical (unpaired) electrons. The molecule has 0 fully saturated rings. The van der Waals surface area contributed by atoms with E-state index in [0.717, 1.165) is 0 Å². The molecular formula is C12H16F2N2O3. The van der Waals surface area contributed by atoms with Crippen molar-refractivity contribution in [3.05, 3.63) is 23.0 Å². The van der Waals surface area contributed by atoms with Gasteiger partial charge in [-0.25, -0.2) is 13.8 Å². The number of aromatic nitrogens is 1. The third kappa shape index (κ3) is 3.85. The number of esters is 1. The second kappa shape index (κ2) is 6.98. The number of nitrogens with two attached hydrogens (primary N) is 1. The first-order valence-electron chi connectivity index (χ1n) is 5.73. The number of halogens is 2. The molecular weight excluding hydrogens is 258 g/mol. The summed E-state index contributed by atoms with van der Waals surface area (Å²) in [5.74, 6) is -0.530. The Labute approximate surface area is 109 Å². The van der Waals surface area contributed by atoms with Crippen LogP contribution in [0.25, 0.3) is 0 Å². The van der Waals surface area contributed by atoms with E-state index in [1.54, 1.807) is 6.92 Å². The number of nitrogens with zero attached hydrogens (tertiary/aromatic N) is 1. The van der Waals surface area contributed by atoms with Crippen molar-refractivity contribution in [2.45, 2.75) is 26.3 Å². The SMILES string of the molecule is CCOC(=O)Cc1cc(OC)c(C(F)F)nc1CN. The normalized spacial score (nSPS) is 10.6. The maximum Gasteiger partial charge on any atom is 0.310 e. The average Bonchev–Trinajstić information content (AvgIpc) is 2.38. The second-order valence-corrected chi connectivity index (χ2v) is 3.67. The molecule has 0 aliphatic carbocycles. The first-order chi connectivity index (χ1) is 9.03. The van der Waals surface area contributed by atoms with Crippen molar-refractivity contribution in [2.75, 3.05) is 13.7 Å². The van der Waals surface area contributed by atoms with Crippen molar-refractivity contribution in [2.24, 2.45) is 5.73 Å². The lowest BCUT2D eigenvalue weighted by Crippen LogP contribution is -2.14. The number of pyridine rings is 1. The van der Waals surface area contributed by atoms with Gasteiger partial charge < -0.3 is 15.2 Å². The number of alkyl halides is 2. The predicted molar refractivity (Wildman–Crippen MR) is 64.0 cm³/mol. The van der Waals surface area contributed by atoms with Gasteiger partial charge in [-0.2, -0.15) is 0 Å². The van der Waals surface area contributed by atoms with Crippen molar-refractivity contribution >= 4 is 5.97 Å². The first kappa shape index (κ1) is 15.3. The molecule has 5 nitrogen and oxygen atoms in total. The van der Waals surface area contributed by atoms with Crippen molar-refractivity contribution in [3.63, 3.8) is 0 Å². The minimum Gasteiger partial charge on any atom is -0.495 e. The summed E-state index contributed by atoms with van der Waals surface area (Å²) in [5, 5.41) is 0. The summed E-state index contributed by atoms with van der Waals surface area (Å²) in [6.07, 6.45) is -2.84. The topological polar surface area (TPSA) is 74.4 Å². The van der Waals surface area contributed by atoms with Gasteiger partial charge >= 0.3 is 5.97 Å². The van der Waals surface area contributed by atoms with Crippen LogP contribution in [0.5, 0.6) is 5.75 Å². The van der Waals surface area contributed by atoms with Gasteiger partial charge in [-0.15, -0.1) is 0 Å². The number of hydrogen-bond donors (Lipinski definition) is 1. The molecule has 0 aromatic carbocycles. The molecule has 1 aromatic rings. The van der Waals surface area contributed by atoms with E-state index < -0.39 is 18.1 Å². The molecule has 0 atom stereocenters. The summed E-state index contributed by atoms with van der Waals surface area (Å²) in [5.41, 5.74) is 5.66. The van der Waals surface area contributed by atoms with Gasteiger partial charge in [0.1, 0.15) is 11.4 Å². The van der Waals surface area contributed by atoms with Crippen molar-refractivity contribution in [1.82, 2.24) is 4.98 Å². The van der Waals surface area contributed by atoms with Crippen LogP contribution in [-0.4, -0.2) is 24.7 Å². The Morgan fingerprint density at radius 3 is 2.68 bits per heavy atom. The minimum atomic E-state index is -2.77. The molecule has 0 spiro atoms. The van der Waals surface area contributed by atoms with E-state index in [-0.39, 0.29) is 31.0 Å². The Morgan fingerprint density at radius 1 is 1.53 bits per heavy atom. The molecule has 0 aliphatic heterocycles. The summed E-state index contributed by atoms with van der Waals surface area (Å²) in [4.78, 5) is 15.2. The number of hydrogen-bond acceptors (Lipinski definition) is 5. The van der Waals surface area contributed by atoms with Crippen LogP contribution in [0.2, 0.25) is 0 Å². The van der Waals surface area contributed by atoms with Crippen LogP contribution >= 0.6 is 0 Å². The highest BCUT2D eigenvalue weighted by Crippen LogP contribution is 2.29. The number of methoxy groups -OCH3 is 1. The predicted octanol–water partition coefficient (Wildman–Crippen LogP) is 1.59. The summed E-state index contributed by atoms with van der Waals surface area (Å²) in [7, 11) is 1.26. The van der Waals surface area contributed by atoms with E-state index in [4.69, 9.17) is 15.2 Å². The molecule has 1 aromatic heterocycles. The lowest BCUT2D eigenvalue weighted by atomic mass is 10.1. The van der Waals surface area contributed by atoms with Gasteiger partial charge in [0, 0.05) is 6.54 Å². The monoisotopic (exact) mass is 274 g/mol. The highest BCUT2D eigenvalue weighted by Gasteiger charge is 2.20. The van der Waals surface area contributed by atoms with Crippen LogP contribution in [0.1, 0.15) is 30.3 Å². The number of carbonyl (C=O) groups is 1. The lowest BCUT2D eigenvalue weighted by Gasteiger charge is -2.13. The zero-order chi connectivity index (χ0) is 14.4. The van der Waals surface area contributed by atoms with Gasteiger partial charge in [0.15, 0.2) is 0 Å². The molecule has 0 saturated carbocycles. The Balaban J connectivity index is 3.13. The van der Waals surface area contributed by atoms with Crippen molar-refractivity contribution in [3.8, 4) is 5.75 Å². The average molecular weight is 274 g/mol.